The standard InChI is InChI=1S/C15H16ClN3S/c1-2-10-4-3-7-18-14(10)9-19-13-6-5-11(15(17)20)8-12(13)16/h3-8,19H,2,9H2,1H3,(H2,17,20). The van der Waals surface area contributed by atoms with E-state index in [9.17, 15) is 0 Å². The number of thiocarbonyl (C=S) groups is 1. The summed E-state index contributed by atoms with van der Waals surface area (Å²) in [6.07, 6.45) is 2.76. The predicted molar refractivity (Wildman–Crippen MR) is 88.3 cm³/mol. The van der Waals surface area contributed by atoms with Crippen molar-refractivity contribution in [2.75, 3.05) is 5.32 Å². The van der Waals surface area contributed by atoms with Crippen LogP contribution in [0.25, 0.3) is 0 Å². The SMILES string of the molecule is CCc1cccnc1CNc1ccc(C(N)=S)cc1Cl. The van der Waals surface area contributed by atoms with Crippen LogP contribution in [0.4, 0.5) is 5.69 Å². The third-order valence-corrected chi connectivity index (χ3v) is 3.61. The van der Waals surface area contributed by atoms with E-state index < -0.39 is 0 Å². The number of nitrogens with two attached hydrogens (primary N) is 1. The molecule has 0 aliphatic rings. The molecule has 0 bridgehead atoms. The molecule has 104 valence electrons. The molecule has 0 atom stereocenters. The largest absolute Gasteiger partial charge is 0.389 e. The first-order valence-corrected chi connectivity index (χ1v) is 7.16. The first-order chi connectivity index (χ1) is 9.61. The van der Waals surface area contributed by atoms with Gasteiger partial charge in [0.2, 0.25) is 0 Å². The second-order valence-corrected chi connectivity index (χ2v) is 5.22. The van der Waals surface area contributed by atoms with Gasteiger partial charge in [0.15, 0.2) is 0 Å². The Morgan fingerprint density at radius 2 is 2.20 bits per heavy atom. The topological polar surface area (TPSA) is 50.9 Å². The lowest BCUT2D eigenvalue weighted by Crippen LogP contribution is -2.10. The molecule has 2 rings (SSSR count). The molecular formula is C15H16ClN3S. The average molecular weight is 306 g/mol. The number of nitrogens with zero attached hydrogens (tertiary/aromatic N) is 1. The monoisotopic (exact) mass is 305 g/mol. The van der Waals surface area contributed by atoms with Gasteiger partial charge < -0.3 is 11.1 Å². The van der Waals surface area contributed by atoms with Crippen molar-refractivity contribution >= 4 is 34.5 Å². The molecule has 0 saturated heterocycles. The number of rotatable bonds is 5. The van der Waals surface area contributed by atoms with Gasteiger partial charge in [0.1, 0.15) is 4.99 Å². The number of anilines is 1. The number of benzene rings is 1. The first kappa shape index (κ1) is 14.8. The molecule has 0 unspecified atom stereocenters. The van der Waals surface area contributed by atoms with Gasteiger partial charge in [-0.2, -0.15) is 0 Å². The average Bonchev–Trinajstić information content (AvgIpc) is 2.46. The van der Waals surface area contributed by atoms with Gasteiger partial charge in [-0.1, -0.05) is 36.8 Å². The zero-order chi connectivity index (χ0) is 14.5. The molecule has 2 aromatic rings. The van der Waals surface area contributed by atoms with Gasteiger partial charge in [-0.05, 0) is 36.2 Å². The fraction of sp³-hybridized carbons (Fsp3) is 0.200. The van der Waals surface area contributed by atoms with Crippen LogP contribution in [0, 0.1) is 0 Å². The van der Waals surface area contributed by atoms with Gasteiger partial charge in [-0.15, -0.1) is 0 Å². The van der Waals surface area contributed by atoms with Crippen molar-refractivity contribution in [3.8, 4) is 0 Å². The number of nitrogens with one attached hydrogen (secondary N) is 1. The molecule has 3 nitrogen and oxygen atoms in total. The highest BCUT2D eigenvalue weighted by Crippen LogP contribution is 2.23. The molecule has 0 spiro atoms. The number of aryl methyl sites for hydroxylation is 1. The van der Waals surface area contributed by atoms with E-state index in [1.165, 1.54) is 5.56 Å². The van der Waals surface area contributed by atoms with Gasteiger partial charge in [0.25, 0.3) is 0 Å². The maximum absolute atomic E-state index is 6.22. The maximum atomic E-state index is 6.22. The molecule has 5 heteroatoms. The zero-order valence-electron chi connectivity index (χ0n) is 11.2. The summed E-state index contributed by atoms with van der Waals surface area (Å²) in [6, 6.07) is 9.54. The Labute approximate surface area is 129 Å². The smallest absolute Gasteiger partial charge is 0.104 e. The molecule has 0 aliphatic carbocycles. The van der Waals surface area contributed by atoms with Gasteiger partial charge in [0.05, 0.1) is 22.9 Å². The van der Waals surface area contributed by atoms with E-state index in [1.54, 1.807) is 12.3 Å². The highest BCUT2D eigenvalue weighted by Gasteiger charge is 2.05. The fourth-order valence-corrected chi connectivity index (χ4v) is 2.32. The molecule has 1 aromatic carbocycles. The summed E-state index contributed by atoms with van der Waals surface area (Å²) in [5, 5.41) is 3.89. The Hall–Kier alpha value is -1.65. The van der Waals surface area contributed by atoms with E-state index in [-0.39, 0.29) is 0 Å². The van der Waals surface area contributed by atoms with Crippen LogP contribution in [-0.2, 0) is 13.0 Å². The van der Waals surface area contributed by atoms with Gasteiger partial charge in [-0.25, -0.2) is 0 Å². The lowest BCUT2D eigenvalue weighted by molar-refractivity contribution is 0.972. The predicted octanol–water partition coefficient (Wildman–Crippen LogP) is 3.54. The minimum atomic E-state index is 0.344. The van der Waals surface area contributed by atoms with Gasteiger partial charge >= 0.3 is 0 Å². The Morgan fingerprint density at radius 3 is 2.85 bits per heavy atom. The van der Waals surface area contributed by atoms with Crippen molar-refractivity contribution in [1.82, 2.24) is 4.98 Å². The van der Waals surface area contributed by atoms with E-state index in [4.69, 9.17) is 29.6 Å². The fourth-order valence-electron chi connectivity index (χ4n) is 1.94. The maximum Gasteiger partial charge on any atom is 0.104 e. The summed E-state index contributed by atoms with van der Waals surface area (Å²) in [6.45, 7) is 2.75. The van der Waals surface area contributed by atoms with Crippen LogP contribution in [0.3, 0.4) is 0 Å². The van der Waals surface area contributed by atoms with Crippen molar-refractivity contribution in [2.24, 2.45) is 5.73 Å². The minimum absolute atomic E-state index is 0.344. The molecule has 1 heterocycles. The quantitative estimate of drug-likeness (QED) is 0.830. The Morgan fingerprint density at radius 1 is 1.40 bits per heavy atom. The zero-order valence-corrected chi connectivity index (χ0v) is 12.8. The van der Waals surface area contributed by atoms with Crippen LogP contribution in [-0.4, -0.2) is 9.97 Å². The van der Waals surface area contributed by atoms with Crippen LogP contribution < -0.4 is 11.1 Å². The van der Waals surface area contributed by atoms with E-state index in [1.807, 2.05) is 18.2 Å². The summed E-state index contributed by atoms with van der Waals surface area (Å²) >= 11 is 11.1. The summed E-state index contributed by atoms with van der Waals surface area (Å²) in [5.74, 6) is 0. The van der Waals surface area contributed by atoms with Crippen LogP contribution >= 0.6 is 23.8 Å². The molecular weight excluding hydrogens is 290 g/mol. The first-order valence-electron chi connectivity index (χ1n) is 6.37. The van der Waals surface area contributed by atoms with E-state index in [0.717, 1.165) is 23.4 Å². The summed E-state index contributed by atoms with van der Waals surface area (Å²) in [7, 11) is 0. The van der Waals surface area contributed by atoms with Crippen molar-refractivity contribution in [3.05, 3.63) is 58.4 Å². The van der Waals surface area contributed by atoms with Crippen molar-refractivity contribution in [3.63, 3.8) is 0 Å². The second-order valence-electron chi connectivity index (χ2n) is 4.38. The van der Waals surface area contributed by atoms with Crippen molar-refractivity contribution < 1.29 is 0 Å². The highest BCUT2D eigenvalue weighted by molar-refractivity contribution is 7.80. The molecule has 1 aromatic heterocycles. The molecule has 0 radical (unpaired) electrons. The number of pyridine rings is 1. The van der Waals surface area contributed by atoms with Crippen LogP contribution in [0.2, 0.25) is 5.02 Å². The summed E-state index contributed by atoms with van der Waals surface area (Å²) in [4.78, 5) is 4.74. The van der Waals surface area contributed by atoms with Crippen molar-refractivity contribution in [1.29, 1.82) is 0 Å². The van der Waals surface area contributed by atoms with E-state index in [2.05, 4.69) is 23.3 Å². The van der Waals surface area contributed by atoms with Crippen molar-refractivity contribution in [2.45, 2.75) is 19.9 Å². The molecule has 3 N–H and O–H groups in total. The molecule has 0 aliphatic heterocycles. The normalized spacial score (nSPS) is 10.3. The number of hydrogen-bond donors (Lipinski definition) is 2. The van der Waals surface area contributed by atoms with E-state index >= 15 is 0 Å². The second kappa shape index (κ2) is 6.68. The third-order valence-electron chi connectivity index (χ3n) is 3.07. The van der Waals surface area contributed by atoms with Crippen LogP contribution in [0.1, 0.15) is 23.7 Å². The van der Waals surface area contributed by atoms with Gasteiger partial charge in [-0.3, -0.25) is 4.98 Å². The summed E-state index contributed by atoms with van der Waals surface area (Å²) < 4.78 is 0. The number of hydrogen-bond acceptors (Lipinski definition) is 3. The number of halogens is 1. The van der Waals surface area contributed by atoms with Crippen LogP contribution in [0.5, 0.6) is 0 Å². The minimum Gasteiger partial charge on any atom is -0.389 e. The van der Waals surface area contributed by atoms with Crippen LogP contribution in [0.15, 0.2) is 36.5 Å². The molecule has 0 fully saturated rings. The lowest BCUT2D eigenvalue weighted by atomic mass is 10.1. The van der Waals surface area contributed by atoms with E-state index in [0.29, 0.717) is 16.6 Å². The Kier molecular flexibility index (Phi) is 4.93. The number of aromatic nitrogens is 1. The summed E-state index contributed by atoms with van der Waals surface area (Å²) in [5.41, 5.74) is 9.46. The molecule has 20 heavy (non-hydrogen) atoms. The molecule has 0 saturated carbocycles. The third kappa shape index (κ3) is 3.46. The highest BCUT2D eigenvalue weighted by atomic mass is 35.5. The Balaban J connectivity index is 2.13. The molecule has 0 amide bonds. The Bertz CT molecular complexity index is 628. The van der Waals surface area contributed by atoms with Gasteiger partial charge in [0, 0.05) is 11.8 Å². The lowest BCUT2D eigenvalue weighted by Gasteiger charge is -2.11.